The largest absolute Gasteiger partial charge is 0.387 e. The summed E-state index contributed by atoms with van der Waals surface area (Å²) in [5, 5.41) is 8.96. The van der Waals surface area contributed by atoms with Crippen LogP contribution >= 0.6 is 0 Å². The maximum absolute atomic E-state index is 8.96. The summed E-state index contributed by atoms with van der Waals surface area (Å²) in [7, 11) is 0. The molecule has 2 rings (SSSR count). The number of aliphatic hydroxyl groups is 1. The maximum atomic E-state index is 8.96. The van der Waals surface area contributed by atoms with Crippen LogP contribution in [0.5, 0.6) is 0 Å². The van der Waals surface area contributed by atoms with Crippen molar-refractivity contribution in [3.63, 3.8) is 0 Å². The third-order valence-electron chi connectivity index (χ3n) is 1.44. The van der Waals surface area contributed by atoms with Gasteiger partial charge >= 0.3 is 0 Å². The second kappa shape index (κ2) is 1.80. The van der Waals surface area contributed by atoms with Crippen LogP contribution in [0.3, 0.4) is 0 Å². The fourth-order valence-electron chi connectivity index (χ4n) is 0.866. The zero-order chi connectivity index (χ0) is 6.27. The highest BCUT2D eigenvalue weighted by Gasteiger charge is 2.39. The average molecular weight is 128 g/mol. The van der Waals surface area contributed by atoms with Gasteiger partial charge in [0.25, 0.3) is 0 Å². The first-order chi connectivity index (χ1) is 4.36. The van der Waals surface area contributed by atoms with Crippen molar-refractivity contribution in [2.45, 2.75) is 18.5 Å². The Hall–Kier alpha value is -0.380. The van der Waals surface area contributed by atoms with E-state index in [9.17, 15) is 0 Å². The van der Waals surface area contributed by atoms with Crippen LogP contribution in [0.4, 0.5) is 0 Å². The molecule has 3 atom stereocenters. The molecule has 2 heterocycles. The molecule has 1 N–H and O–H groups in total. The minimum atomic E-state index is -0.443. The highest BCUT2D eigenvalue weighted by atomic mass is 16.8. The Kier molecular flexibility index (Phi) is 1.08. The van der Waals surface area contributed by atoms with Gasteiger partial charge in [-0.1, -0.05) is 12.2 Å². The van der Waals surface area contributed by atoms with E-state index in [1.807, 2.05) is 6.08 Å². The van der Waals surface area contributed by atoms with Gasteiger partial charge in [0.15, 0.2) is 6.29 Å². The molecule has 50 valence electrons. The Balaban J connectivity index is 2.03. The summed E-state index contributed by atoms with van der Waals surface area (Å²) in [6.07, 6.45) is 3.14. The molecule has 0 saturated carbocycles. The van der Waals surface area contributed by atoms with E-state index in [2.05, 4.69) is 0 Å². The van der Waals surface area contributed by atoms with Crippen molar-refractivity contribution in [1.82, 2.24) is 0 Å². The lowest BCUT2D eigenvalue weighted by molar-refractivity contribution is 0.00712. The lowest BCUT2D eigenvalue weighted by atomic mass is 10.3. The second-order valence-electron chi connectivity index (χ2n) is 2.25. The molecular formula is C6H8O3. The Morgan fingerprint density at radius 1 is 1.44 bits per heavy atom. The summed E-state index contributed by atoms with van der Waals surface area (Å²) in [5.74, 6) is 0. The zero-order valence-electron chi connectivity index (χ0n) is 4.86. The molecule has 2 aliphatic heterocycles. The first-order valence-electron chi connectivity index (χ1n) is 3.00. The molecule has 0 spiro atoms. The molecule has 9 heavy (non-hydrogen) atoms. The van der Waals surface area contributed by atoms with E-state index in [-0.39, 0.29) is 12.4 Å². The van der Waals surface area contributed by atoms with Gasteiger partial charge in [0.05, 0.1) is 12.7 Å². The van der Waals surface area contributed by atoms with Crippen LogP contribution in [-0.2, 0) is 9.47 Å². The Morgan fingerprint density at radius 3 is 3.22 bits per heavy atom. The third-order valence-corrected chi connectivity index (χ3v) is 1.44. The van der Waals surface area contributed by atoms with E-state index in [0.717, 1.165) is 0 Å². The molecule has 0 aromatic rings. The van der Waals surface area contributed by atoms with Gasteiger partial charge in [0, 0.05) is 0 Å². The summed E-state index contributed by atoms with van der Waals surface area (Å²) in [5.41, 5.74) is 0. The number of epoxide rings is 1. The Morgan fingerprint density at radius 2 is 2.33 bits per heavy atom. The van der Waals surface area contributed by atoms with Crippen molar-refractivity contribution in [2.24, 2.45) is 0 Å². The number of aliphatic hydroxyl groups excluding tert-OH is 1. The van der Waals surface area contributed by atoms with Crippen molar-refractivity contribution in [1.29, 1.82) is 0 Å². The molecule has 3 unspecified atom stereocenters. The van der Waals surface area contributed by atoms with Crippen molar-refractivity contribution in [3.8, 4) is 0 Å². The molecule has 1 fully saturated rings. The van der Waals surface area contributed by atoms with Crippen LogP contribution < -0.4 is 0 Å². The van der Waals surface area contributed by atoms with Crippen LogP contribution in [0.1, 0.15) is 0 Å². The summed E-state index contributed by atoms with van der Waals surface area (Å²) < 4.78 is 10.0. The van der Waals surface area contributed by atoms with E-state index in [1.165, 1.54) is 0 Å². The van der Waals surface area contributed by atoms with Crippen molar-refractivity contribution in [2.75, 3.05) is 6.61 Å². The van der Waals surface area contributed by atoms with E-state index in [0.29, 0.717) is 6.61 Å². The topological polar surface area (TPSA) is 42.0 Å². The summed E-state index contributed by atoms with van der Waals surface area (Å²) in [4.78, 5) is 0. The smallest absolute Gasteiger partial charge is 0.188 e. The molecule has 0 aromatic heterocycles. The fourth-order valence-corrected chi connectivity index (χ4v) is 0.866. The normalized spacial score (nSPS) is 47.9. The van der Waals surface area contributed by atoms with Gasteiger partial charge in [-0.15, -0.1) is 0 Å². The molecule has 0 amide bonds. The van der Waals surface area contributed by atoms with Crippen LogP contribution in [-0.4, -0.2) is 30.2 Å². The minimum Gasteiger partial charge on any atom is -0.387 e. The first kappa shape index (κ1) is 5.41. The highest BCUT2D eigenvalue weighted by Crippen LogP contribution is 2.26. The van der Waals surface area contributed by atoms with Gasteiger partial charge in [-0.2, -0.15) is 0 Å². The predicted octanol–water partition coefficient (Wildman–Crippen LogP) is -0.341. The van der Waals surface area contributed by atoms with Gasteiger partial charge in [-0.3, -0.25) is 0 Å². The van der Waals surface area contributed by atoms with Crippen LogP contribution in [0.2, 0.25) is 0 Å². The lowest BCUT2D eigenvalue weighted by Crippen LogP contribution is -2.11. The SMILES string of the molecule is OC1C=CC2OC2OC1. The van der Waals surface area contributed by atoms with Gasteiger partial charge in [-0.25, -0.2) is 0 Å². The molecule has 1 saturated heterocycles. The van der Waals surface area contributed by atoms with E-state index >= 15 is 0 Å². The molecule has 2 aliphatic rings. The summed E-state index contributed by atoms with van der Waals surface area (Å²) in [6.45, 7) is 0.359. The van der Waals surface area contributed by atoms with Crippen molar-refractivity contribution < 1.29 is 14.6 Å². The van der Waals surface area contributed by atoms with Crippen molar-refractivity contribution in [3.05, 3.63) is 12.2 Å². The highest BCUT2D eigenvalue weighted by molar-refractivity contribution is 5.04. The number of hydrogen-bond donors (Lipinski definition) is 1. The van der Waals surface area contributed by atoms with E-state index < -0.39 is 6.10 Å². The molecular weight excluding hydrogens is 120 g/mol. The monoisotopic (exact) mass is 128 g/mol. The molecule has 0 bridgehead atoms. The third kappa shape index (κ3) is 0.986. The van der Waals surface area contributed by atoms with Crippen LogP contribution in [0, 0.1) is 0 Å². The van der Waals surface area contributed by atoms with Crippen molar-refractivity contribution >= 4 is 0 Å². The molecule has 3 heteroatoms. The van der Waals surface area contributed by atoms with Gasteiger partial charge in [-0.05, 0) is 0 Å². The Bertz CT molecular complexity index is 139. The summed E-state index contributed by atoms with van der Waals surface area (Å²) >= 11 is 0. The van der Waals surface area contributed by atoms with Gasteiger partial charge < -0.3 is 14.6 Å². The zero-order valence-corrected chi connectivity index (χ0v) is 4.86. The quantitative estimate of drug-likeness (QED) is 0.358. The van der Waals surface area contributed by atoms with Crippen LogP contribution in [0.15, 0.2) is 12.2 Å². The number of fused-ring (bicyclic) bond motifs is 1. The van der Waals surface area contributed by atoms with Gasteiger partial charge in [0.2, 0.25) is 0 Å². The molecule has 0 aromatic carbocycles. The molecule has 0 radical (unpaired) electrons. The lowest BCUT2D eigenvalue weighted by Gasteiger charge is -2.01. The summed E-state index contributed by atoms with van der Waals surface area (Å²) in [6, 6.07) is 0. The second-order valence-corrected chi connectivity index (χ2v) is 2.25. The van der Waals surface area contributed by atoms with E-state index in [1.54, 1.807) is 6.08 Å². The number of rotatable bonds is 0. The van der Waals surface area contributed by atoms with Crippen LogP contribution in [0.25, 0.3) is 0 Å². The minimum absolute atomic E-state index is 0.0709. The van der Waals surface area contributed by atoms with E-state index in [4.69, 9.17) is 14.6 Å². The molecule has 3 nitrogen and oxygen atoms in total. The van der Waals surface area contributed by atoms with Gasteiger partial charge in [0.1, 0.15) is 6.10 Å². The predicted molar refractivity (Wildman–Crippen MR) is 29.8 cm³/mol. The number of hydrogen-bond acceptors (Lipinski definition) is 3. The maximum Gasteiger partial charge on any atom is 0.188 e. The molecule has 0 aliphatic carbocycles. The average Bonchev–Trinajstić information content (AvgIpc) is 2.54. The number of ether oxygens (including phenoxy) is 2. The fraction of sp³-hybridized carbons (Fsp3) is 0.667. The first-order valence-corrected chi connectivity index (χ1v) is 3.00. The standard InChI is InChI=1S/C6H8O3/c7-4-1-2-5-6(9-5)8-3-4/h1-2,4-7H,3H2. The Labute approximate surface area is 52.9 Å².